The van der Waals surface area contributed by atoms with Gasteiger partial charge in [-0.05, 0) is 48.9 Å². The van der Waals surface area contributed by atoms with Crippen LogP contribution in [-0.2, 0) is 26.2 Å². The van der Waals surface area contributed by atoms with Gasteiger partial charge in [0.25, 0.3) is 0 Å². The Labute approximate surface area is 220 Å². The van der Waals surface area contributed by atoms with Crippen molar-refractivity contribution in [1.29, 1.82) is 0 Å². The highest BCUT2D eigenvalue weighted by Crippen LogP contribution is 2.29. The number of nitrogens with zero attached hydrogens (tertiary/aromatic N) is 2. The molecule has 0 aliphatic heterocycles. The zero-order chi connectivity index (χ0) is 27.0. The molecule has 1 N–H and O–H groups in total. The second-order valence-corrected chi connectivity index (χ2v) is 11.7. The molecule has 0 radical (unpaired) electrons. The number of halogens is 1. The van der Waals surface area contributed by atoms with Crippen molar-refractivity contribution in [2.45, 2.75) is 72.0 Å². The molecule has 0 saturated carbocycles. The lowest BCUT2D eigenvalue weighted by molar-refractivity contribution is -0.140. The zero-order valence-corrected chi connectivity index (χ0v) is 23.6. The van der Waals surface area contributed by atoms with Gasteiger partial charge in [0.05, 0.1) is 11.9 Å². The third-order valence-electron chi connectivity index (χ3n) is 6.19. The summed E-state index contributed by atoms with van der Waals surface area (Å²) in [6.07, 6.45) is 2.19. The Kier molecular flexibility index (Phi) is 10.8. The van der Waals surface area contributed by atoms with Gasteiger partial charge in [0, 0.05) is 17.6 Å². The predicted octanol–water partition coefficient (Wildman–Crippen LogP) is 4.95. The highest BCUT2D eigenvalue weighted by Gasteiger charge is 2.33. The molecule has 0 aliphatic rings. The quantitative estimate of drug-likeness (QED) is 0.416. The highest BCUT2D eigenvalue weighted by atomic mass is 35.5. The summed E-state index contributed by atoms with van der Waals surface area (Å²) in [5.41, 5.74) is 1.95. The van der Waals surface area contributed by atoms with Gasteiger partial charge < -0.3 is 10.2 Å². The van der Waals surface area contributed by atoms with Crippen molar-refractivity contribution < 1.29 is 18.0 Å². The lowest BCUT2D eigenvalue weighted by Crippen LogP contribution is -2.53. The average molecular weight is 536 g/mol. The van der Waals surface area contributed by atoms with Gasteiger partial charge >= 0.3 is 0 Å². The first-order chi connectivity index (χ1) is 16.9. The maximum Gasteiger partial charge on any atom is 0.244 e. The first-order valence-electron chi connectivity index (χ1n) is 12.3. The number of carbonyl (C=O) groups is 2. The molecule has 9 heteroatoms. The third-order valence-corrected chi connectivity index (χ3v) is 7.69. The van der Waals surface area contributed by atoms with E-state index in [4.69, 9.17) is 11.6 Å². The van der Waals surface area contributed by atoms with Gasteiger partial charge in [-0.3, -0.25) is 13.9 Å². The molecule has 36 heavy (non-hydrogen) atoms. The first-order valence-corrected chi connectivity index (χ1v) is 14.5. The van der Waals surface area contributed by atoms with Crippen LogP contribution in [0.1, 0.15) is 64.5 Å². The highest BCUT2D eigenvalue weighted by molar-refractivity contribution is 7.92. The number of hydrogen-bond acceptors (Lipinski definition) is 4. The van der Waals surface area contributed by atoms with Gasteiger partial charge in [-0.25, -0.2) is 8.42 Å². The molecule has 0 spiro atoms. The number of sulfonamides is 1. The van der Waals surface area contributed by atoms with E-state index in [2.05, 4.69) is 5.32 Å². The van der Waals surface area contributed by atoms with Crippen LogP contribution in [0.2, 0.25) is 5.02 Å². The molecule has 0 aliphatic carbocycles. The lowest BCUT2D eigenvalue weighted by atomic mass is 10.0. The van der Waals surface area contributed by atoms with Crippen LogP contribution < -0.4 is 9.62 Å². The molecule has 2 amide bonds. The summed E-state index contributed by atoms with van der Waals surface area (Å²) in [7, 11) is -3.80. The third kappa shape index (κ3) is 7.71. The number of hydrogen-bond donors (Lipinski definition) is 1. The van der Waals surface area contributed by atoms with E-state index >= 15 is 0 Å². The van der Waals surface area contributed by atoms with E-state index in [-0.39, 0.29) is 24.4 Å². The summed E-state index contributed by atoms with van der Waals surface area (Å²) in [6.45, 7) is 9.28. The molecule has 0 fully saturated rings. The number of rotatable bonds is 12. The predicted molar refractivity (Wildman–Crippen MR) is 147 cm³/mol. The van der Waals surface area contributed by atoms with Crippen LogP contribution >= 0.6 is 11.6 Å². The van der Waals surface area contributed by atoms with Crippen molar-refractivity contribution in [3.63, 3.8) is 0 Å². The number of amides is 2. The SMILES string of the molecule is CCC(C)NC(=O)C(CC)N(Cc1ccccc1Cl)C(=O)CN(c1ccccc1C(C)C)S(C)(=O)=O. The molecule has 0 aromatic heterocycles. The van der Waals surface area contributed by atoms with Gasteiger partial charge in [0.1, 0.15) is 12.6 Å². The lowest BCUT2D eigenvalue weighted by Gasteiger charge is -2.34. The topological polar surface area (TPSA) is 86.8 Å². The van der Waals surface area contributed by atoms with Crippen molar-refractivity contribution in [3.8, 4) is 0 Å². The van der Waals surface area contributed by atoms with Crippen molar-refractivity contribution in [3.05, 3.63) is 64.7 Å². The molecule has 0 bridgehead atoms. The second kappa shape index (κ2) is 13.1. The molecule has 2 aromatic rings. The van der Waals surface area contributed by atoms with Crippen LogP contribution in [-0.4, -0.2) is 50.0 Å². The largest absolute Gasteiger partial charge is 0.352 e. The molecule has 2 unspecified atom stereocenters. The van der Waals surface area contributed by atoms with E-state index < -0.39 is 28.5 Å². The molecule has 0 heterocycles. The van der Waals surface area contributed by atoms with Gasteiger partial charge in [0.15, 0.2) is 0 Å². The first kappa shape index (κ1) is 29.6. The van der Waals surface area contributed by atoms with Crippen molar-refractivity contribution >= 4 is 39.1 Å². The number of nitrogens with one attached hydrogen (secondary N) is 1. The number of anilines is 1. The van der Waals surface area contributed by atoms with E-state index in [1.165, 1.54) is 4.90 Å². The number of para-hydroxylation sites is 1. The van der Waals surface area contributed by atoms with E-state index in [0.717, 1.165) is 22.5 Å². The molecular weight excluding hydrogens is 498 g/mol. The van der Waals surface area contributed by atoms with Crippen molar-refractivity contribution in [2.75, 3.05) is 17.1 Å². The van der Waals surface area contributed by atoms with Gasteiger partial charge in [0.2, 0.25) is 21.8 Å². The Hall–Kier alpha value is -2.58. The number of benzene rings is 2. The Balaban J connectivity index is 2.52. The van der Waals surface area contributed by atoms with Gasteiger partial charge in [-0.15, -0.1) is 0 Å². The Morgan fingerprint density at radius 3 is 2.14 bits per heavy atom. The number of carbonyl (C=O) groups excluding carboxylic acids is 2. The molecule has 2 aromatic carbocycles. The summed E-state index contributed by atoms with van der Waals surface area (Å²) in [5, 5.41) is 3.43. The Bertz CT molecular complexity index is 1150. The molecule has 7 nitrogen and oxygen atoms in total. The van der Waals surface area contributed by atoms with Crippen LogP contribution in [0.5, 0.6) is 0 Å². The normalized spacial score (nSPS) is 13.2. The Morgan fingerprint density at radius 2 is 1.58 bits per heavy atom. The van der Waals surface area contributed by atoms with Gasteiger partial charge in [-0.2, -0.15) is 0 Å². The average Bonchev–Trinajstić information content (AvgIpc) is 2.82. The molecule has 2 atom stereocenters. The zero-order valence-electron chi connectivity index (χ0n) is 22.0. The molecular formula is C27H38ClN3O4S. The summed E-state index contributed by atoms with van der Waals surface area (Å²) >= 11 is 6.39. The molecule has 2 rings (SSSR count). The summed E-state index contributed by atoms with van der Waals surface area (Å²) < 4.78 is 26.9. The van der Waals surface area contributed by atoms with E-state index in [1.54, 1.807) is 30.3 Å². The van der Waals surface area contributed by atoms with Crippen LogP contribution in [0.4, 0.5) is 5.69 Å². The van der Waals surface area contributed by atoms with Crippen LogP contribution in [0.25, 0.3) is 0 Å². The minimum atomic E-state index is -3.80. The maximum atomic E-state index is 13.8. The van der Waals surface area contributed by atoms with Crippen molar-refractivity contribution in [2.24, 2.45) is 0 Å². The summed E-state index contributed by atoms with van der Waals surface area (Å²) in [5.74, 6) is -0.713. The van der Waals surface area contributed by atoms with E-state index in [0.29, 0.717) is 22.7 Å². The fourth-order valence-electron chi connectivity index (χ4n) is 3.97. The smallest absolute Gasteiger partial charge is 0.244 e. The molecule has 198 valence electrons. The van der Waals surface area contributed by atoms with Crippen LogP contribution in [0, 0.1) is 0 Å². The standard InChI is InChI=1S/C27H38ClN3O4S/c1-7-20(5)29-27(33)24(8-2)30(17-21-13-9-11-15-23(21)28)26(32)18-31(36(6,34)35)25-16-12-10-14-22(25)19(3)4/h9-16,19-20,24H,7-8,17-18H2,1-6H3,(H,29,33). The van der Waals surface area contributed by atoms with Crippen LogP contribution in [0.3, 0.4) is 0 Å². The van der Waals surface area contributed by atoms with E-state index in [9.17, 15) is 18.0 Å². The summed E-state index contributed by atoms with van der Waals surface area (Å²) in [6, 6.07) is 13.4. The minimum absolute atomic E-state index is 0.0458. The van der Waals surface area contributed by atoms with Crippen molar-refractivity contribution in [1.82, 2.24) is 10.2 Å². The minimum Gasteiger partial charge on any atom is -0.352 e. The molecule has 0 saturated heterocycles. The Morgan fingerprint density at radius 1 is 0.972 bits per heavy atom. The monoisotopic (exact) mass is 535 g/mol. The van der Waals surface area contributed by atoms with Crippen LogP contribution in [0.15, 0.2) is 48.5 Å². The second-order valence-electron chi connectivity index (χ2n) is 9.34. The van der Waals surface area contributed by atoms with E-state index in [1.807, 2.05) is 52.8 Å². The summed E-state index contributed by atoms with van der Waals surface area (Å²) in [4.78, 5) is 28.5. The fourth-order valence-corrected chi connectivity index (χ4v) is 5.03. The fraction of sp³-hybridized carbons (Fsp3) is 0.481. The maximum absolute atomic E-state index is 13.8. The van der Waals surface area contributed by atoms with Gasteiger partial charge in [-0.1, -0.05) is 75.7 Å².